The fourth-order valence-corrected chi connectivity index (χ4v) is 6.47. The summed E-state index contributed by atoms with van der Waals surface area (Å²) in [4.78, 5) is 22.9. The van der Waals surface area contributed by atoms with E-state index >= 15 is 0 Å². The fourth-order valence-electron chi connectivity index (χ4n) is 4.96. The van der Waals surface area contributed by atoms with E-state index in [1.54, 1.807) is 19.4 Å². The molecule has 3 aliphatic heterocycles. The van der Waals surface area contributed by atoms with Crippen LogP contribution in [0.2, 0.25) is 0 Å². The van der Waals surface area contributed by atoms with Gasteiger partial charge in [0.2, 0.25) is 21.9 Å². The first-order valence-corrected chi connectivity index (χ1v) is 13.3. The van der Waals surface area contributed by atoms with Gasteiger partial charge in [-0.05, 0) is 13.3 Å². The number of aromatic nitrogens is 6. The zero-order valence-electron chi connectivity index (χ0n) is 20.1. The molecule has 2 N–H and O–H groups in total. The molecule has 36 heavy (non-hydrogen) atoms. The summed E-state index contributed by atoms with van der Waals surface area (Å²) in [6, 6.07) is 0.157. The maximum Gasteiger partial charge on any atom is 0.246 e. The molecule has 6 heterocycles. The van der Waals surface area contributed by atoms with Crippen LogP contribution in [0.5, 0.6) is 0 Å². The van der Waals surface area contributed by atoms with Crippen LogP contribution >= 0.6 is 0 Å². The molecule has 2 fully saturated rings. The molecule has 0 amide bonds. The summed E-state index contributed by atoms with van der Waals surface area (Å²) in [5, 5.41) is 4.01. The summed E-state index contributed by atoms with van der Waals surface area (Å²) in [6.45, 7) is 5.52. The molecule has 0 bridgehead atoms. The van der Waals surface area contributed by atoms with E-state index in [0.29, 0.717) is 38.8 Å². The SMILES string of the molecule is C[C@H]1COCCN1c1nc(-c2cnc(N)nc2)c2c(n1)N(C1CN(S(=O)(=O)c3cnn(C)c3)C1)CC2. The molecule has 14 heteroatoms. The number of nitrogens with two attached hydrogens (primary N) is 1. The van der Waals surface area contributed by atoms with Crippen LogP contribution in [0.25, 0.3) is 11.3 Å². The minimum atomic E-state index is -3.57. The fraction of sp³-hybridized carbons (Fsp3) is 0.500. The second-order valence-electron chi connectivity index (χ2n) is 9.39. The third-order valence-electron chi connectivity index (χ3n) is 7.01. The summed E-state index contributed by atoms with van der Waals surface area (Å²) in [6.07, 6.45) is 7.03. The molecule has 2 saturated heterocycles. The summed E-state index contributed by atoms with van der Waals surface area (Å²) >= 11 is 0. The smallest absolute Gasteiger partial charge is 0.246 e. The Kier molecular flexibility index (Phi) is 5.53. The Hall–Kier alpha value is -3.36. The number of hydrogen-bond acceptors (Lipinski definition) is 11. The van der Waals surface area contributed by atoms with Gasteiger partial charge in [0, 0.05) is 62.9 Å². The van der Waals surface area contributed by atoms with E-state index in [-0.39, 0.29) is 22.9 Å². The number of sulfonamides is 1. The molecular weight excluding hydrogens is 484 g/mol. The second-order valence-corrected chi connectivity index (χ2v) is 11.3. The Morgan fingerprint density at radius 2 is 1.86 bits per heavy atom. The van der Waals surface area contributed by atoms with Gasteiger partial charge in [-0.1, -0.05) is 0 Å². The average Bonchev–Trinajstić information content (AvgIpc) is 3.45. The molecule has 13 nitrogen and oxygen atoms in total. The van der Waals surface area contributed by atoms with Gasteiger partial charge < -0.3 is 20.3 Å². The van der Waals surface area contributed by atoms with Crippen molar-refractivity contribution in [1.82, 2.24) is 34.0 Å². The number of rotatable bonds is 5. The molecular formula is C22H28N10O3S. The van der Waals surface area contributed by atoms with Gasteiger partial charge in [-0.25, -0.2) is 23.4 Å². The van der Waals surface area contributed by atoms with Crippen LogP contribution in [0.4, 0.5) is 17.7 Å². The lowest BCUT2D eigenvalue weighted by molar-refractivity contribution is 0.0981. The molecule has 0 radical (unpaired) electrons. The lowest BCUT2D eigenvalue weighted by atomic mass is 10.1. The Balaban J connectivity index is 1.32. The maximum atomic E-state index is 13.0. The van der Waals surface area contributed by atoms with Crippen LogP contribution in [0.15, 0.2) is 29.7 Å². The summed E-state index contributed by atoms with van der Waals surface area (Å²) in [7, 11) is -1.87. The van der Waals surface area contributed by atoms with Crippen LogP contribution in [0.3, 0.4) is 0 Å². The lowest BCUT2D eigenvalue weighted by Crippen LogP contribution is -2.60. The van der Waals surface area contributed by atoms with Gasteiger partial charge in [0.1, 0.15) is 10.7 Å². The molecule has 3 aliphatic rings. The Morgan fingerprint density at radius 3 is 2.56 bits per heavy atom. The summed E-state index contributed by atoms with van der Waals surface area (Å²) in [5.41, 5.74) is 8.30. The normalized spacial score (nSPS) is 21.0. The van der Waals surface area contributed by atoms with E-state index in [0.717, 1.165) is 35.6 Å². The third-order valence-corrected chi connectivity index (χ3v) is 8.79. The van der Waals surface area contributed by atoms with Crippen LogP contribution < -0.4 is 15.5 Å². The van der Waals surface area contributed by atoms with Crippen LogP contribution in [0, 0.1) is 0 Å². The van der Waals surface area contributed by atoms with Crippen molar-refractivity contribution in [3.8, 4) is 11.3 Å². The van der Waals surface area contributed by atoms with Gasteiger partial charge in [-0.15, -0.1) is 0 Å². The minimum absolute atomic E-state index is 0.0260. The molecule has 0 unspecified atom stereocenters. The van der Waals surface area contributed by atoms with Crippen LogP contribution in [-0.2, 0) is 28.2 Å². The number of fused-ring (bicyclic) bond motifs is 1. The van der Waals surface area contributed by atoms with Crippen molar-refractivity contribution >= 4 is 27.7 Å². The van der Waals surface area contributed by atoms with Gasteiger partial charge in [-0.2, -0.15) is 14.4 Å². The highest BCUT2D eigenvalue weighted by Crippen LogP contribution is 2.38. The van der Waals surface area contributed by atoms with E-state index in [4.69, 9.17) is 20.4 Å². The Bertz CT molecular complexity index is 1390. The largest absolute Gasteiger partial charge is 0.377 e. The quantitative estimate of drug-likeness (QED) is 0.489. The minimum Gasteiger partial charge on any atom is -0.377 e. The van der Waals surface area contributed by atoms with Gasteiger partial charge >= 0.3 is 0 Å². The first-order valence-electron chi connectivity index (χ1n) is 11.9. The van der Waals surface area contributed by atoms with Crippen molar-refractivity contribution in [3.05, 3.63) is 30.4 Å². The van der Waals surface area contributed by atoms with Gasteiger partial charge in [-0.3, -0.25) is 4.68 Å². The average molecular weight is 513 g/mol. The lowest BCUT2D eigenvalue weighted by Gasteiger charge is -2.43. The Labute approximate surface area is 209 Å². The highest BCUT2D eigenvalue weighted by Gasteiger charge is 2.43. The van der Waals surface area contributed by atoms with Crippen molar-refractivity contribution in [2.45, 2.75) is 30.3 Å². The van der Waals surface area contributed by atoms with Gasteiger partial charge in [0.25, 0.3) is 0 Å². The van der Waals surface area contributed by atoms with Gasteiger partial charge in [0.15, 0.2) is 0 Å². The van der Waals surface area contributed by atoms with Crippen molar-refractivity contribution < 1.29 is 13.2 Å². The van der Waals surface area contributed by atoms with Crippen LogP contribution in [0.1, 0.15) is 12.5 Å². The number of aryl methyl sites for hydroxylation is 1. The number of anilines is 3. The highest BCUT2D eigenvalue weighted by molar-refractivity contribution is 7.89. The predicted octanol–water partition coefficient (Wildman–Crippen LogP) is -0.0900. The monoisotopic (exact) mass is 512 g/mol. The van der Waals surface area contributed by atoms with E-state index in [1.165, 1.54) is 21.4 Å². The molecule has 3 aromatic rings. The second kappa shape index (κ2) is 8.64. The molecule has 6 rings (SSSR count). The van der Waals surface area contributed by atoms with Gasteiger partial charge in [0.05, 0.1) is 37.2 Å². The number of hydrogen-bond donors (Lipinski definition) is 1. The predicted molar refractivity (Wildman–Crippen MR) is 132 cm³/mol. The van der Waals surface area contributed by atoms with E-state index in [9.17, 15) is 8.42 Å². The summed E-state index contributed by atoms with van der Waals surface area (Å²) in [5.74, 6) is 1.67. The highest BCUT2D eigenvalue weighted by atomic mass is 32.2. The maximum absolute atomic E-state index is 13.0. The molecule has 190 valence electrons. The Morgan fingerprint density at radius 1 is 1.08 bits per heavy atom. The van der Waals surface area contributed by atoms with Crippen molar-refractivity contribution in [2.75, 3.05) is 54.9 Å². The van der Waals surface area contributed by atoms with Crippen molar-refractivity contribution in [2.24, 2.45) is 7.05 Å². The van der Waals surface area contributed by atoms with Crippen molar-refractivity contribution in [3.63, 3.8) is 0 Å². The molecule has 0 saturated carbocycles. The topological polar surface area (TPSA) is 148 Å². The molecule has 1 atom stereocenters. The zero-order valence-corrected chi connectivity index (χ0v) is 21.0. The number of nitrogen functional groups attached to an aromatic ring is 1. The third kappa shape index (κ3) is 3.85. The van der Waals surface area contributed by atoms with E-state index < -0.39 is 10.0 Å². The van der Waals surface area contributed by atoms with Crippen molar-refractivity contribution in [1.29, 1.82) is 0 Å². The number of nitrogens with zero attached hydrogens (tertiary/aromatic N) is 9. The number of ether oxygens (including phenoxy) is 1. The van der Waals surface area contributed by atoms with Crippen LogP contribution in [-0.4, -0.2) is 93.9 Å². The number of morpholine rings is 1. The molecule has 0 spiro atoms. The molecule has 0 aromatic carbocycles. The standard InChI is InChI=1S/C22H28N10O3S/c1-14-13-35-6-5-31(14)22-27-19(15-7-24-21(23)25-8-15)18-3-4-32(20(18)28-22)16-10-30(11-16)36(33,34)17-9-26-29(2)12-17/h7-9,12,14,16H,3-6,10-11,13H2,1-2H3,(H2,23,24,25)/t14-/m0/s1. The molecule has 0 aliphatic carbocycles. The first-order chi connectivity index (χ1) is 17.3. The first kappa shape index (κ1) is 23.1. The van der Waals surface area contributed by atoms with E-state index in [1.807, 2.05) is 0 Å². The van der Waals surface area contributed by atoms with E-state index in [2.05, 4.69) is 31.8 Å². The molecule has 3 aromatic heterocycles. The summed E-state index contributed by atoms with van der Waals surface area (Å²) < 4.78 is 34.6. The zero-order chi connectivity index (χ0) is 25.0.